The van der Waals surface area contributed by atoms with E-state index in [1.54, 1.807) is 23.6 Å². The van der Waals surface area contributed by atoms with Crippen LogP contribution in [0.15, 0.2) is 48.5 Å². The maximum Gasteiger partial charge on any atom is 0.242 e. The van der Waals surface area contributed by atoms with Gasteiger partial charge in [-0.2, -0.15) is 0 Å². The molecule has 0 aliphatic heterocycles. The largest absolute Gasteiger partial charge is 0.352 e. The first-order valence-electron chi connectivity index (χ1n) is 10.1. The topological polar surface area (TPSA) is 49.4 Å². The van der Waals surface area contributed by atoms with E-state index in [0.717, 1.165) is 16.9 Å². The molecular weight excluding hydrogens is 380 g/mol. The second-order valence-corrected chi connectivity index (χ2v) is 8.75. The molecule has 0 unspecified atom stereocenters. The molecule has 0 aliphatic rings. The van der Waals surface area contributed by atoms with Crippen molar-refractivity contribution in [1.82, 2.24) is 10.2 Å². The highest BCUT2D eigenvalue weighted by Crippen LogP contribution is 2.18. The molecule has 0 saturated heterocycles. The predicted molar refractivity (Wildman–Crippen MR) is 122 cm³/mol. The number of thioether (sulfide) groups is 1. The molecular formula is C24H32N2O2S. The van der Waals surface area contributed by atoms with E-state index >= 15 is 0 Å². The quantitative estimate of drug-likeness (QED) is 0.661. The van der Waals surface area contributed by atoms with Crippen LogP contribution in [0.1, 0.15) is 43.0 Å². The molecule has 2 rings (SSSR count). The minimum atomic E-state index is -0.524. The van der Waals surface area contributed by atoms with Gasteiger partial charge in [-0.05, 0) is 51.3 Å². The van der Waals surface area contributed by atoms with Crippen molar-refractivity contribution in [2.24, 2.45) is 0 Å². The van der Waals surface area contributed by atoms with Gasteiger partial charge in [0.1, 0.15) is 6.04 Å². The summed E-state index contributed by atoms with van der Waals surface area (Å²) < 4.78 is 0. The van der Waals surface area contributed by atoms with Crippen molar-refractivity contribution < 1.29 is 9.59 Å². The number of rotatable bonds is 9. The number of hydrogen-bond donors (Lipinski definition) is 1. The lowest BCUT2D eigenvalue weighted by molar-refractivity contribution is -0.138. The third-order valence-electron chi connectivity index (χ3n) is 4.82. The fraction of sp³-hybridized carbons (Fsp3) is 0.417. The highest BCUT2D eigenvalue weighted by atomic mass is 32.2. The number of carbonyl (C=O) groups excluding carboxylic acids is 2. The summed E-state index contributed by atoms with van der Waals surface area (Å²) in [7, 11) is 0. The number of carbonyl (C=O) groups is 2. The number of nitrogens with zero attached hydrogens (tertiary/aromatic N) is 1. The number of aryl methyl sites for hydroxylation is 2. The van der Waals surface area contributed by atoms with Crippen LogP contribution in [0.5, 0.6) is 0 Å². The molecule has 0 saturated carbocycles. The molecule has 1 N–H and O–H groups in total. The van der Waals surface area contributed by atoms with E-state index < -0.39 is 6.04 Å². The Hall–Kier alpha value is -2.27. The Morgan fingerprint density at radius 2 is 1.66 bits per heavy atom. The van der Waals surface area contributed by atoms with E-state index in [0.29, 0.717) is 12.3 Å². The molecule has 4 nitrogen and oxygen atoms in total. The Kier molecular flexibility index (Phi) is 8.77. The van der Waals surface area contributed by atoms with Gasteiger partial charge in [0.2, 0.25) is 11.8 Å². The van der Waals surface area contributed by atoms with Crippen molar-refractivity contribution in [1.29, 1.82) is 0 Å². The average molecular weight is 413 g/mol. The van der Waals surface area contributed by atoms with Crippen molar-refractivity contribution in [3.63, 3.8) is 0 Å². The van der Waals surface area contributed by atoms with Crippen LogP contribution in [0, 0.1) is 13.8 Å². The van der Waals surface area contributed by atoms with Crippen LogP contribution in [0.3, 0.4) is 0 Å². The van der Waals surface area contributed by atoms with Crippen molar-refractivity contribution in [2.45, 2.75) is 59.0 Å². The maximum absolute atomic E-state index is 13.1. The third-order valence-corrected chi connectivity index (χ3v) is 5.80. The average Bonchev–Trinajstić information content (AvgIpc) is 2.67. The van der Waals surface area contributed by atoms with Crippen LogP contribution in [-0.2, 0) is 21.9 Å². The Morgan fingerprint density at radius 3 is 2.28 bits per heavy atom. The summed E-state index contributed by atoms with van der Waals surface area (Å²) in [4.78, 5) is 27.3. The molecule has 5 heteroatoms. The van der Waals surface area contributed by atoms with Gasteiger partial charge in [-0.25, -0.2) is 0 Å². The van der Waals surface area contributed by atoms with Gasteiger partial charge in [0, 0.05) is 18.3 Å². The van der Waals surface area contributed by atoms with Gasteiger partial charge < -0.3 is 10.2 Å². The molecule has 29 heavy (non-hydrogen) atoms. The molecule has 0 aliphatic carbocycles. The van der Waals surface area contributed by atoms with Crippen LogP contribution in [0.2, 0.25) is 0 Å². The second-order valence-electron chi connectivity index (χ2n) is 7.77. The molecule has 2 aromatic rings. The zero-order valence-electron chi connectivity index (χ0n) is 18.1. The van der Waals surface area contributed by atoms with Gasteiger partial charge in [0.15, 0.2) is 0 Å². The van der Waals surface area contributed by atoms with Gasteiger partial charge >= 0.3 is 0 Å². The Labute approximate surface area is 179 Å². The zero-order chi connectivity index (χ0) is 21.4. The number of hydrogen-bond acceptors (Lipinski definition) is 3. The van der Waals surface area contributed by atoms with Crippen molar-refractivity contribution in [2.75, 3.05) is 5.75 Å². The molecule has 0 fully saturated rings. The van der Waals surface area contributed by atoms with Crippen molar-refractivity contribution >= 4 is 23.6 Å². The van der Waals surface area contributed by atoms with E-state index in [1.807, 2.05) is 45.0 Å². The Morgan fingerprint density at radius 1 is 1.00 bits per heavy atom. The summed E-state index contributed by atoms with van der Waals surface area (Å²) >= 11 is 1.58. The summed E-state index contributed by atoms with van der Waals surface area (Å²) in [6, 6.07) is 15.9. The number of benzene rings is 2. The smallest absolute Gasteiger partial charge is 0.242 e. The minimum absolute atomic E-state index is 0.0169. The first kappa shape index (κ1) is 23.0. The highest BCUT2D eigenvalue weighted by molar-refractivity contribution is 7.99. The van der Waals surface area contributed by atoms with Crippen LogP contribution in [0.4, 0.5) is 0 Å². The molecule has 2 amide bonds. The maximum atomic E-state index is 13.1. The van der Waals surface area contributed by atoms with Crippen molar-refractivity contribution in [3.8, 4) is 0 Å². The Bertz CT molecular complexity index is 818. The molecule has 156 valence electrons. The van der Waals surface area contributed by atoms with Gasteiger partial charge in [0.25, 0.3) is 0 Å². The summed E-state index contributed by atoms with van der Waals surface area (Å²) in [5, 5.41) is 2.93. The molecule has 0 heterocycles. The van der Waals surface area contributed by atoms with Crippen molar-refractivity contribution in [3.05, 3.63) is 70.8 Å². The summed E-state index contributed by atoms with van der Waals surface area (Å²) in [5.74, 6) is 0.984. The molecule has 0 aromatic heterocycles. The van der Waals surface area contributed by atoms with Gasteiger partial charge in [0.05, 0.1) is 5.75 Å². The zero-order valence-corrected chi connectivity index (χ0v) is 18.9. The normalized spacial score (nSPS) is 11.9. The number of amides is 2. The summed E-state index contributed by atoms with van der Waals surface area (Å²) in [6.07, 6.45) is 0. The van der Waals surface area contributed by atoms with Gasteiger partial charge in [-0.3, -0.25) is 9.59 Å². The first-order chi connectivity index (χ1) is 13.8. The SMILES string of the molecule is Cc1ccc(CSCC(=O)N(Cc2ccccc2C)[C@@H](C)C(=O)NC(C)C)cc1. The first-order valence-corrected chi connectivity index (χ1v) is 11.2. The van der Waals surface area contributed by atoms with Gasteiger partial charge in [-0.1, -0.05) is 54.1 Å². The van der Waals surface area contributed by atoms with E-state index in [1.165, 1.54) is 11.1 Å². The molecule has 1 atom stereocenters. The highest BCUT2D eigenvalue weighted by Gasteiger charge is 2.26. The minimum Gasteiger partial charge on any atom is -0.352 e. The standard InChI is InChI=1S/C24H32N2O2S/c1-17(2)25-24(28)20(5)26(14-22-9-7-6-8-19(22)4)23(27)16-29-15-21-12-10-18(3)11-13-21/h6-13,17,20H,14-16H2,1-5H3,(H,25,28)/t20-/m0/s1. The fourth-order valence-corrected chi connectivity index (χ4v) is 3.85. The lowest BCUT2D eigenvalue weighted by Gasteiger charge is -2.30. The predicted octanol–water partition coefficient (Wildman–Crippen LogP) is 4.48. The monoisotopic (exact) mass is 412 g/mol. The lowest BCUT2D eigenvalue weighted by Crippen LogP contribution is -2.49. The molecule has 0 bridgehead atoms. The van der Waals surface area contributed by atoms with Crippen LogP contribution in [-0.4, -0.2) is 34.6 Å². The molecule has 0 radical (unpaired) electrons. The Balaban J connectivity index is 2.07. The third kappa shape index (κ3) is 7.24. The van der Waals surface area contributed by atoms with E-state index in [-0.39, 0.29) is 17.9 Å². The summed E-state index contributed by atoms with van der Waals surface area (Å²) in [6.45, 7) is 10.2. The fourth-order valence-electron chi connectivity index (χ4n) is 2.98. The lowest BCUT2D eigenvalue weighted by atomic mass is 10.1. The van der Waals surface area contributed by atoms with Gasteiger partial charge in [-0.15, -0.1) is 11.8 Å². The van der Waals surface area contributed by atoms with Crippen LogP contribution >= 0.6 is 11.8 Å². The molecule has 0 spiro atoms. The summed E-state index contributed by atoms with van der Waals surface area (Å²) in [5.41, 5.74) is 4.61. The second kappa shape index (κ2) is 11.1. The van der Waals surface area contributed by atoms with E-state index in [9.17, 15) is 9.59 Å². The van der Waals surface area contributed by atoms with Crippen LogP contribution < -0.4 is 5.32 Å². The molecule has 2 aromatic carbocycles. The van der Waals surface area contributed by atoms with Crippen LogP contribution in [0.25, 0.3) is 0 Å². The van der Waals surface area contributed by atoms with E-state index in [4.69, 9.17) is 0 Å². The van der Waals surface area contributed by atoms with E-state index in [2.05, 4.69) is 36.5 Å². The number of nitrogens with one attached hydrogen (secondary N) is 1.